The van der Waals surface area contributed by atoms with Crippen LogP contribution >= 0.6 is 0 Å². The lowest BCUT2D eigenvalue weighted by molar-refractivity contribution is -0.118. The molecule has 4 aromatic rings. The maximum Gasteiger partial charge on any atom is 0.408 e. The van der Waals surface area contributed by atoms with E-state index in [1.54, 1.807) is 32.9 Å². The van der Waals surface area contributed by atoms with Crippen molar-refractivity contribution in [2.24, 2.45) is 7.05 Å². The summed E-state index contributed by atoms with van der Waals surface area (Å²) >= 11 is 0. The minimum Gasteiger partial charge on any atom is -0.461 e. The number of furan rings is 1. The van der Waals surface area contributed by atoms with Crippen LogP contribution in [0.3, 0.4) is 0 Å². The number of nitrogens with one attached hydrogen (secondary N) is 3. The minimum atomic E-state index is -0.920. The molecule has 0 aliphatic heterocycles. The average Bonchev–Trinajstić information content (AvgIpc) is 3.48. The number of aryl methyl sites for hydroxylation is 1. The van der Waals surface area contributed by atoms with Gasteiger partial charge in [-0.15, -0.1) is 5.10 Å². The van der Waals surface area contributed by atoms with Gasteiger partial charge in [0.05, 0.1) is 6.26 Å². The van der Waals surface area contributed by atoms with Crippen LogP contribution in [0.4, 0.5) is 10.7 Å². The van der Waals surface area contributed by atoms with Crippen molar-refractivity contribution in [3.63, 3.8) is 0 Å². The molecule has 0 radical (unpaired) electrons. The zero-order chi connectivity index (χ0) is 23.6. The third-order valence-electron chi connectivity index (χ3n) is 4.89. The molecule has 0 spiro atoms. The van der Waals surface area contributed by atoms with Gasteiger partial charge in [0.2, 0.25) is 11.9 Å². The van der Waals surface area contributed by atoms with E-state index in [9.17, 15) is 9.59 Å². The SMILES string of the molecule is Cn1cc(C[C@H](NC(=O)OC(C)(C)C)C(=O)Nc2n[nH]c(-c3ccco3)n2)c2ccccc21. The van der Waals surface area contributed by atoms with Crippen LogP contribution in [-0.2, 0) is 23.0 Å². The van der Waals surface area contributed by atoms with Gasteiger partial charge in [-0.1, -0.05) is 18.2 Å². The van der Waals surface area contributed by atoms with Gasteiger partial charge in [-0.25, -0.2) is 4.79 Å². The molecule has 10 nitrogen and oxygen atoms in total. The predicted molar refractivity (Wildman–Crippen MR) is 122 cm³/mol. The summed E-state index contributed by atoms with van der Waals surface area (Å²) in [6.07, 6.45) is 3.03. The molecule has 0 aliphatic carbocycles. The van der Waals surface area contributed by atoms with Crippen molar-refractivity contribution in [3.8, 4) is 11.6 Å². The van der Waals surface area contributed by atoms with Crippen molar-refractivity contribution in [2.45, 2.75) is 38.8 Å². The molecule has 172 valence electrons. The van der Waals surface area contributed by atoms with Crippen LogP contribution in [0.5, 0.6) is 0 Å². The molecule has 3 heterocycles. The van der Waals surface area contributed by atoms with Crippen molar-refractivity contribution in [1.29, 1.82) is 0 Å². The van der Waals surface area contributed by atoms with Gasteiger partial charge < -0.3 is 19.0 Å². The number of rotatable bonds is 6. The van der Waals surface area contributed by atoms with Crippen molar-refractivity contribution in [1.82, 2.24) is 25.1 Å². The largest absolute Gasteiger partial charge is 0.461 e. The Hall–Kier alpha value is -4.08. The van der Waals surface area contributed by atoms with Crippen LogP contribution in [0.25, 0.3) is 22.5 Å². The van der Waals surface area contributed by atoms with Gasteiger partial charge in [0.25, 0.3) is 0 Å². The number of H-pyrrole nitrogens is 1. The number of carbonyl (C=O) groups excluding carboxylic acids is 2. The van der Waals surface area contributed by atoms with Gasteiger partial charge in [0, 0.05) is 30.6 Å². The van der Waals surface area contributed by atoms with Crippen molar-refractivity contribution >= 4 is 28.9 Å². The van der Waals surface area contributed by atoms with E-state index in [4.69, 9.17) is 9.15 Å². The lowest BCUT2D eigenvalue weighted by atomic mass is 10.0. The lowest BCUT2D eigenvalue weighted by Crippen LogP contribution is -2.47. The van der Waals surface area contributed by atoms with E-state index < -0.39 is 23.6 Å². The Balaban J connectivity index is 1.56. The Labute approximate surface area is 190 Å². The first-order chi connectivity index (χ1) is 15.7. The van der Waals surface area contributed by atoms with Gasteiger partial charge in [-0.05, 0) is 44.5 Å². The third-order valence-corrected chi connectivity index (χ3v) is 4.89. The molecule has 3 N–H and O–H groups in total. The minimum absolute atomic E-state index is 0.0697. The molecular weight excluding hydrogens is 424 g/mol. The number of benzene rings is 1. The molecule has 1 aromatic carbocycles. The standard InChI is InChI=1S/C23H26N6O4/c1-23(2,3)33-22(31)24-16(12-14-13-29(4)17-9-6-5-8-15(14)17)20(30)26-21-25-19(27-28-21)18-10-7-11-32-18/h5-11,13,16H,12H2,1-4H3,(H,24,31)(H2,25,26,27,28,30)/t16-/m0/s1. The molecular formula is C23H26N6O4. The number of anilines is 1. The Morgan fingerprint density at radius 1 is 1.21 bits per heavy atom. The van der Waals surface area contributed by atoms with E-state index in [2.05, 4.69) is 25.8 Å². The van der Waals surface area contributed by atoms with Crippen LogP contribution in [0.15, 0.2) is 53.3 Å². The number of hydrogen-bond donors (Lipinski definition) is 3. The number of alkyl carbamates (subject to hydrolysis) is 1. The Kier molecular flexibility index (Phi) is 5.91. The van der Waals surface area contributed by atoms with Gasteiger partial charge in [-0.3, -0.25) is 15.2 Å². The molecule has 2 amide bonds. The molecule has 0 bridgehead atoms. The number of aromatic nitrogens is 4. The highest BCUT2D eigenvalue weighted by Gasteiger charge is 2.27. The molecule has 4 rings (SSSR count). The predicted octanol–water partition coefficient (Wildman–Crippen LogP) is 3.63. The fraction of sp³-hybridized carbons (Fsp3) is 0.304. The first-order valence-electron chi connectivity index (χ1n) is 10.5. The van der Waals surface area contributed by atoms with Gasteiger partial charge in [-0.2, -0.15) is 4.98 Å². The average molecular weight is 450 g/mol. The number of aromatic amines is 1. The summed E-state index contributed by atoms with van der Waals surface area (Å²) in [5, 5.41) is 13.1. The number of ether oxygens (including phenoxy) is 1. The first kappa shape index (κ1) is 22.1. The quantitative estimate of drug-likeness (QED) is 0.412. The van der Waals surface area contributed by atoms with Gasteiger partial charge in [0.15, 0.2) is 11.6 Å². The summed E-state index contributed by atoms with van der Waals surface area (Å²) in [7, 11) is 1.94. The number of carbonyl (C=O) groups is 2. The summed E-state index contributed by atoms with van der Waals surface area (Å²) in [5.41, 5.74) is 1.24. The fourth-order valence-corrected chi connectivity index (χ4v) is 3.51. The second-order valence-corrected chi connectivity index (χ2v) is 8.66. The monoisotopic (exact) mass is 450 g/mol. The van der Waals surface area contributed by atoms with Crippen LogP contribution in [0.2, 0.25) is 0 Å². The van der Waals surface area contributed by atoms with Crippen molar-refractivity contribution < 1.29 is 18.7 Å². The van der Waals surface area contributed by atoms with Crippen LogP contribution in [0.1, 0.15) is 26.3 Å². The third kappa shape index (κ3) is 5.22. The highest BCUT2D eigenvalue weighted by molar-refractivity contribution is 5.96. The zero-order valence-electron chi connectivity index (χ0n) is 18.9. The number of fused-ring (bicyclic) bond motifs is 1. The van der Waals surface area contributed by atoms with Crippen LogP contribution in [-0.4, -0.2) is 43.4 Å². The second-order valence-electron chi connectivity index (χ2n) is 8.66. The van der Waals surface area contributed by atoms with Crippen LogP contribution < -0.4 is 10.6 Å². The summed E-state index contributed by atoms with van der Waals surface area (Å²) in [6.45, 7) is 5.28. The molecule has 33 heavy (non-hydrogen) atoms. The molecule has 0 saturated carbocycles. The van der Waals surface area contributed by atoms with Crippen LogP contribution in [0, 0.1) is 0 Å². The fourth-order valence-electron chi connectivity index (χ4n) is 3.51. The number of nitrogens with zero attached hydrogens (tertiary/aromatic N) is 3. The Morgan fingerprint density at radius 2 is 2.00 bits per heavy atom. The smallest absolute Gasteiger partial charge is 0.408 e. The van der Waals surface area contributed by atoms with Crippen molar-refractivity contribution in [2.75, 3.05) is 5.32 Å². The molecule has 0 saturated heterocycles. The number of para-hydroxylation sites is 1. The topological polar surface area (TPSA) is 127 Å². The van der Waals surface area contributed by atoms with Gasteiger partial charge >= 0.3 is 6.09 Å². The lowest BCUT2D eigenvalue weighted by Gasteiger charge is -2.23. The van der Waals surface area contributed by atoms with E-state index in [1.807, 2.05) is 42.1 Å². The first-order valence-corrected chi connectivity index (χ1v) is 10.5. The number of amides is 2. The second kappa shape index (κ2) is 8.81. The maximum atomic E-state index is 13.2. The van der Waals surface area contributed by atoms with E-state index in [-0.39, 0.29) is 12.4 Å². The highest BCUT2D eigenvalue weighted by atomic mass is 16.6. The zero-order valence-corrected chi connectivity index (χ0v) is 18.9. The molecule has 10 heteroatoms. The van der Waals surface area contributed by atoms with E-state index in [0.29, 0.717) is 11.6 Å². The van der Waals surface area contributed by atoms with E-state index in [0.717, 1.165) is 16.5 Å². The summed E-state index contributed by atoms with van der Waals surface area (Å²) in [4.78, 5) is 29.9. The van der Waals surface area contributed by atoms with Crippen molar-refractivity contribution in [3.05, 3.63) is 54.4 Å². The molecule has 3 aromatic heterocycles. The Morgan fingerprint density at radius 3 is 2.73 bits per heavy atom. The molecule has 0 unspecified atom stereocenters. The molecule has 0 aliphatic rings. The number of hydrogen-bond acceptors (Lipinski definition) is 6. The Bertz CT molecular complexity index is 1270. The highest BCUT2D eigenvalue weighted by Crippen LogP contribution is 2.22. The normalized spacial score (nSPS) is 12.5. The summed E-state index contributed by atoms with van der Waals surface area (Å²) < 4.78 is 12.6. The van der Waals surface area contributed by atoms with E-state index in [1.165, 1.54) is 6.26 Å². The maximum absolute atomic E-state index is 13.2. The van der Waals surface area contributed by atoms with Gasteiger partial charge in [0.1, 0.15) is 11.6 Å². The summed E-state index contributed by atoms with van der Waals surface area (Å²) in [5.74, 6) is 0.460. The molecule has 0 fully saturated rings. The van der Waals surface area contributed by atoms with E-state index >= 15 is 0 Å². The molecule has 1 atom stereocenters. The summed E-state index contributed by atoms with van der Waals surface area (Å²) in [6, 6.07) is 10.4.